The summed E-state index contributed by atoms with van der Waals surface area (Å²) < 4.78 is 19.0. The van der Waals surface area contributed by atoms with Gasteiger partial charge in [0, 0.05) is 18.2 Å². The summed E-state index contributed by atoms with van der Waals surface area (Å²) in [5, 5.41) is 5.80. The van der Waals surface area contributed by atoms with Crippen molar-refractivity contribution in [3.63, 3.8) is 0 Å². The van der Waals surface area contributed by atoms with E-state index in [1.54, 1.807) is 36.4 Å². The number of rotatable bonds is 9. The van der Waals surface area contributed by atoms with E-state index in [0.717, 1.165) is 6.42 Å². The predicted molar refractivity (Wildman–Crippen MR) is 127 cm³/mol. The number of amides is 3. The Hall–Kier alpha value is -3.42. The summed E-state index contributed by atoms with van der Waals surface area (Å²) in [5.41, 5.74) is 1.84. The molecular weight excluding hydrogens is 437 g/mol. The molecule has 0 radical (unpaired) electrons. The van der Waals surface area contributed by atoms with Crippen molar-refractivity contribution in [1.29, 1.82) is 0 Å². The van der Waals surface area contributed by atoms with Gasteiger partial charge in [0.1, 0.15) is 5.82 Å². The molecule has 3 amide bonds. The Bertz CT molecular complexity index is 1020. The number of nitrogens with one attached hydrogen (secondary N) is 2. The summed E-state index contributed by atoms with van der Waals surface area (Å²) in [6.07, 6.45) is -0.381. The second-order valence-electron chi connectivity index (χ2n) is 9.09. The molecule has 2 aromatic rings. The van der Waals surface area contributed by atoms with Crippen molar-refractivity contribution < 1.29 is 23.5 Å². The third-order valence-corrected chi connectivity index (χ3v) is 5.71. The van der Waals surface area contributed by atoms with Crippen LogP contribution in [-0.4, -0.2) is 34.9 Å². The van der Waals surface area contributed by atoms with Crippen LogP contribution in [0.5, 0.6) is 0 Å². The number of hydrogen-bond acceptors (Lipinski definition) is 4. The summed E-state index contributed by atoms with van der Waals surface area (Å²) in [4.78, 5) is 39.7. The molecule has 34 heavy (non-hydrogen) atoms. The van der Waals surface area contributed by atoms with E-state index in [-0.39, 0.29) is 36.1 Å². The van der Waals surface area contributed by atoms with Crippen LogP contribution in [-0.2, 0) is 20.9 Å². The lowest BCUT2D eigenvalue weighted by Gasteiger charge is -2.26. The molecule has 0 saturated carbocycles. The summed E-state index contributed by atoms with van der Waals surface area (Å²) in [7, 11) is 0. The lowest BCUT2D eigenvalue weighted by atomic mass is 9.99. The third kappa shape index (κ3) is 6.34. The average Bonchev–Trinajstić information content (AvgIpc) is 3.10. The molecule has 1 aliphatic rings. The first-order valence-corrected chi connectivity index (χ1v) is 11.6. The van der Waals surface area contributed by atoms with Gasteiger partial charge in [0.2, 0.25) is 11.8 Å². The van der Waals surface area contributed by atoms with Crippen molar-refractivity contribution in [2.24, 2.45) is 5.92 Å². The molecule has 182 valence electrons. The van der Waals surface area contributed by atoms with Crippen LogP contribution >= 0.6 is 0 Å². The Morgan fingerprint density at radius 3 is 2.47 bits per heavy atom. The van der Waals surface area contributed by atoms with Crippen LogP contribution in [0.25, 0.3) is 0 Å². The maximum Gasteiger partial charge on any atom is 0.411 e. The number of ether oxygens (including phenoxy) is 1. The van der Waals surface area contributed by atoms with E-state index in [1.165, 1.54) is 17.0 Å². The largest absolute Gasteiger partial charge is 0.438 e. The number of nitrogens with zero attached hydrogens (tertiary/aromatic N) is 1. The highest BCUT2D eigenvalue weighted by atomic mass is 19.1. The van der Waals surface area contributed by atoms with Gasteiger partial charge in [-0.25, -0.2) is 9.18 Å². The maximum absolute atomic E-state index is 13.3. The van der Waals surface area contributed by atoms with Gasteiger partial charge in [-0.3, -0.25) is 14.5 Å². The molecule has 2 N–H and O–H groups in total. The predicted octanol–water partition coefficient (Wildman–Crippen LogP) is 4.79. The van der Waals surface area contributed by atoms with Crippen LogP contribution < -0.4 is 10.6 Å². The van der Waals surface area contributed by atoms with E-state index in [0.29, 0.717) is 23.2 Å². The van der Waals surface area contributed by atoms with Crippen molar-refractivity contribution in [3.8, 4) is 0 Å². The van der Waals surface area contributed by atoms with Crippen LogP contribution in [0.1, 0.15) is 57.8 Å². The fourth-order valence-corrected chi connectivity index (χ4v) is 3.80. The first-order chi connectivity index (χ1) is 16.2. The van der Waals surface area contributed by atoms with E-state index in [2.05, 4.69) is 10.6 Å². The molecule has 7 nitrogen and oxygen atoms in total. The van der Waals surface area contributed by atoms with Crippen LogP contribution in [0.3, 0.4) is 0 Å². The standard InChI is InChI=1S/C26H32FN3O4/c1-5-17(4)28-25(32)23-24(19-7-6-8-21(14-19)29-22(31)13-16(2)3)34-26(33)30(23)15-18-9-11-20(27)12-10-18/h6-12,14,16-17,23-24H,5,13,15H2,1-4H3,(H,28,32)(H,29,31). The molecule has 1 fully saturated rings. The van der Waals surface area contributed by atoms with Gasteiger partial charge in [-0.15, -0.1) is 0 Å². The summed E-state index contributed by atoms with van der Waals surface area (Å²) in [6.45, 7) is 7.87. The van der Waals surface area contributed by atoms with Gasteiger partial charge in [-0.05, 0) is 54.7 Å². The Balaban J connectivity index is 1.89. The zero-order valence-electron chi connectivity index (χ0n) is 20.0. The Kier molecular flexibility index (Phi) is 8.26. The molecule has 2 aromatic carbocycles. The highest BCUT2D eigenvalue weighted by Gasteiger charge is 2.47. The minimum atomic E-state index is -0.923. The van der Waals surface area contributed by atoms with Gasteiger partial charge in [0.15, 0.2) is 12.1 Å². The highest BCUT2D eigenvalue weighted by molar-refractivity contribution is 5.91. The topological polar surface area (TPSA) is 87.7 Å². The first-order valence-electron chi connectivity index (χ1n) is 11.6. The van der Waals surface area contributed by atoms with Gasteiger partial charge in [0.25, 0.3) is 0 Å². The molecular formula is C26H32FN3O4. The molecule has 3 rings (SSSR count). The third-order valence-electron chi connectivity index (χ3n) is 5.71. The minimum absolute atomic E-state index is 0.0850. The van der Waals surface area contributed by atoms with Gasteiger partial charge in [-0.1, -0.05) is 45.0 Å². The number of hydrogen-bond donors (Lipinski definition) is 2. The molecule has 0 aromatic heterocycles. The quantitative estimate of drug-likeness (QED) is 0.553. The molecule has 8 heteroatoms. The van der Waals surface area contributed by atoms with E-state index >= 15 is 0 Å². The van der Waals surface area contributed by atoms with E-state index in [1.807, 2.05) is 27.7 Å². The summed E-state index contributed by atoms with van der Waals surface area (Å²) >= 11 is 0. The molecule has 3 unspecified atom stereocenters. The number of carbonyl (C=O) groups excluding carboxylic acids is 3. The van der Waals surface area contributed by atoms with Gasteiger partial charge < -0.3 is 15.4 Å². The van der Waals surface area contributed by atoms with E-state index < -0.39 is 18.2 Å². The van der Waals surface area contributed by atoms with E-state index in [4.69, 9.17) is 4.74 Å². The lowest BCUT2D eigenvalue weighted by Crippen LogP contribution is -2.48. The van der Waals surface area contributed by atoms with Gasteiger partial charge >= 0.3 is 6.09 Å². The van der Waals surface area contributed by atoms with E-state index in [9.17, 15) is 18.8 Å². The first kappa shape index (κ1) is 25.2. The van der Waals surface area contributed by atoms with Crippen LogP contribution in [0, 0.1) is 11.7 Å². The fourth-order valence-electron chi connectivity index (χ4n) is 3.80. The second-order valence-corrected chi connectivity index (χ2v) is 9.09. The number of anilines is 1. The minimum Gasteiger partial charge on any atom is -0.438 e. The number of carbonyl (C=O) groups is 3. The fraction of sp³-hybridized carbons (Fsp3) is 0.423. The van der Waals surface area contributed by atoms with Crippen molar-refractivity contribution in [3.05, 3.63) is 65.5 Å². The highest BCUT2D eigenvalue weighted by Crippen LogP contribution is 2.35. The molecule has 0 bridgehead atoms. The molecule has 1 aliphatic heterocycles. The lowest BCUT2D eigenvalue weighted by molar-refractivity contribution is -0.127. The van der Waals surface area contributed by atoms with Crippen molar-refractivity contribution in [1.82, 2.24) is 10.2 Å². The normalized spacial score (nSPS) is 18.5. The molecule has 1 saturated heterocycles. The number of cyclic esters (lactones) is 1. The molecule has 3 atom stereocenters. The maximum atomic E-state index is 13.3. The average molecular weight is 470 g/mol. The monoisotopic (exact) mass is 469 g/mol. The summed E-state index contributed by atoms with van der Waals surface area (Å²) in [5.74, 6) is -0.609. The molecule has 0 spiro atoms. The summed E-state index contributed by atoms with van der Waals surface area (Å²) in [6, 6.07) is 11.8. The van der Waals surface area contributed by atoms with Crippen molar-refractivity contribution in [2.45, 2.75) is 65.3 Å². The smallest absolute Gasteiger partial charge is 0.411 e. The van der Waals surface area contributed by atoms with Crippen LogP contribution in [0.4, 0.5) is 14.9 Å². The number of benzene rings is 2. The van der Waals surface area contributed by atoms with Crippen molar-refractivity contribution in [2.75, 3.05) is 5.32 Å². The van der Waals surface area contributed by atoms with Crippen LogP contribution in [0.15, 0.2) is 48.5 Å². The Morgan fingerprint density at radius 1 is 1.12 bits per heavy atom. The van der Waals surface area contributed by atoms with Crippen molar-refractivity contribution >= 4 is 23.6 Å². The zero-order valence-corrected chi connectivity index (χ0v) is 20.0. The Morgan fingerprint density at radius 2 is 1.82 bits per heavy atom. The van der Waals surface area contributed by atoms with Crippen LogP contribution in [0.2, 0.25) is 0 Å². The number of halogens is 1. The van der Waals surface area contributed by atoms with Gasteiger partial charge in [0.05, 0.1) is 6.54 Å². The zero-order chi connectivity index (χ0) is 24.8. The second kappa shape index (κ2) is 11.1. The Labute approximate surface area is 199 Å². The molecule has 0 aliphatic carbocycles. The molecule has 1 heterocycles. The van der Waals surface area contributed by atoms with Gasteiger partial charge in [-0.2, -0.15) is 0 Å². The SMILES string of the molecule is CCC(C)NC(=O)C1C(c2cccc(NC(=O)CC(C)C)c2)OC(=O)N1Cc1ccc(F)cc1.